The summed E-state index contributed by atoms with van der Waals surface area (Å²) in [7, 11) is 0. The van der Waals surface area contributed by atoms with Crippen LogP contribution in [0.1, 0.15) is 11.3 Å². The average Bonchev–Trinajstić information content (AvgIpc) is 2.68. The van der Waals surface area contributed by atoms with Crippen molar-refractivity contribution in [2.75, 3.05) is 6.61 Å². The number of amides is 1. The minimum absolute atomic E-state index is 0.0704. The van der Waals surface area contributed by atoms with Gasteiger partial charge in [-0.15, -0.1) is 6.42 Å². The molecule has 3 aromatic rings. The first kappa shape index (κ1) is 18.2. The summed E-state index contributed by atoms with van der Waals surface area (Å²) >= 11 is 0. The van der Waals surface area contributed by atoms with Crippen LogP contribution in [0.25, 0.3) is 10.8 Å². The summed E-state index contributed by atoms with van der Waals surface area (Å²) in [6, 6.07) is 14.6. The van der Waals surface area contributed by atoms with Gasteiger partial charge in [0.2, 0.25) is 0 Å². The molecule has 6 heteroatoms. The third kappa shape index (κ3) is 4.15. The number of para-hydroxylation sites is 1. The SMILES string of the molecule is C#CCn1nc(CNC(=O)COc2ccccc2C)c2ccccc2c1=O. The van der Waals surface area contributed by atoms with E-state index in [1.54, 1.807) is 18.2 Å². The quantitative estimate of drug-likeness (QED) is 0.682. The maximum absolute atomic E-state index is 12.4. The summed E-state index contributed by atoms with van der Waals surface area (Å²) in [4.78, 5) is 24.5. The van der Waals surface area contributed by atoms with E-state index in [4.69, 9.17) is 11.2 Å². The van der Waals surface area contributed by atoms with Crippen LogP contribution in [-0.2, 0) is 17.9 Å². The van der Waals surface area contributed by atoms with Crippen LogP contribution in [0.15, 0.2) is 53.3 Å². The molecular formula is C21H19N3O3. The molecule has 1 amide bonds. The number of carbonyl (C=O) groups is 1. The summed E-state index contributed by atoms with van der Waals surface area (Å²) in [5, 5.41) is 8.28. The van der Waals surface area contributed by atoms with E-state index in [0.29, 0.717) is 22.2 Å². The van der Waals surface area contributed by atoms with E-state index in [2.05, 4.69) is 16.3 Å². The van der Waals surface area contributed by atoms with Crippen LogP contribution in [-0.4, -0.2) is 22.3 Å². The van der Waals surface area contributed by atoms with E-state index < -0.39 is 0 Å². The van der Waals surface area contributed by atoms with Crippen molar-refractivity contribution in [3.05, 3.63) is 70.1 Å². The largest absolute Gasteiger partial charge is 0.484 e. The van der Waals surface area contributed by atoms with Gasteiger partial charge in [0.15, 0.2) is 6.61 Å². The van der Waals surface area contributed by atoms with Gasteiger partial charge in [-0.3, -0.25) is 9.59 Å². The molecule has 0 aliphatic heterocycles. The fourth-order valence-electron chi connectivity index (χ4n) is 2.72. The Labute approximate surface area is 156 Å². The zero-order valence-corrected chi connectivity index (χ0v) is 14.9. The molecule has 27 heavy (non-hydrogen) atoms. The van der Waals surface area contributed by atoms with Crippen LogP contribution in [0.2, 0.25) is 0 Å². The molecule has 0 aliphatic carbocycles. The first-order valence-electron chi connectivity index (χ1n) is 8.47. The molecule has 0 atom stereocenters. The van der Waals surface area contributed by atoms with E-state index >= 15 is 0 Å². The molecule has 136 valence electrons. The van der Waals surface area contributed by atoms with Gasteiger partial charge in [-0.05, 0) is 24.6 Å². The lowest BCUT2D eigenvalue weighted by molar-refractivity contribution is -0.123. The minimum atomic E-state index is -0.279. The van der Waals surface area contributed by atoms with Crippen LogP contribution in [0.4, 0.5) is 0 Å². The van der Waals surface area contributed by atoms with Gasteiger partial charge in [0.25, 0.3) is 11.5 Å². The van der Waals surface area contributed by atoms with E-state index in [-0.39, 0.29) is 31.2 Å². The first-order valence-corrected chi connectivity index (χ1v) is 8.47. The molecule has 3 rings (SSSR count). The van der Waals surface area contributed by atoms with Gasteiger partial charge >= 0.3 is 0 Å². The van der Waals surface area contributed by atoms with E-state index in [1.807, 2.05) is 37.3 Å². The van der Waals surface area contributed by atoms with Gasteiger partial charge in [0.1, 0.15) is 12.3 Å². The lowest BCUT2D eigenvalue weighted by atomic mass is 10.1. The predicted octanol–water partition coefficient (Wildman–Crippen LogP) is 2.03. The van der Waals surface area contributed by atoms with Crippen molar-refractivity contribution in [1.82, 2.24) is 15.1 Å². The summed E-state index contributed by atoms with van der Waals surface area (Å²) in [6.45, 7) is 2.05. The van der Waals surface area contributed by atoms with Gasteiger partial charge in [-0.2, -0.15) is 5.10 Å². The average molecular weight is 361 g/mol. The van der Waals surface area contributed by atoms with E-state index in [9.17, 15) is 9.59 Å². The molecule has 0 bridgehead atoms. The highest BCUT2D eigenvalue weighted by Crippen LogP contribution is 2.16. The second-order valence-corrected chi connectivity index (χ2v) is 5.99. The fourth-order valence-corrected chi connectivity index (χ4v) is 2.72. The van der Waals surface area contributed by atoms with Gasteiger partial charge in [0, 0.05) is 5.39 Å². The highest BCUT2D eigenvalue weighted by atomic mass is 16.5. The van der Waals surface area contributed by atoms with Crippen LogP contribution >= 0.6 is 0 Å². The molecule has 1 N–H and O–H groups in total. The molecule has 0 saturated heterocycles. The molecule has 0 unspecified atom stereocenters. The predicted molar refractivity (Wildman–Crippen MR) is 103 cm³/mol. The number of nitrogens with zero attached hydrogens (tertiary/aromatic N) is 2. The first-order chi connectivity index (χ1) is 13.1. The second kappa shape index (κ2) is 8.19. The van der Waals surface area contributed by atoms with Gasteiger partial charge in [-0.1, -0.05) is 42.3 Å². The maximum atomic E-state index is 12.4. The normalized spacial score (nSPS) is 10.4. The van der Waals surface area contributed by atoms with E-state index in [0.717, 1.165) is 5.56 Å². The summed E-state index contributed by atoms with van der Waals surface area (Å²) in [6.07, 6.45) is 5.32. The van der Waals surface area contributed by atoms with Crippen LogP contribution in [0, 0.1) is 19.3 Å². The van der Waals surface area contributed by atoms with Gasteiger partial charge in [-0.25, -0.2) is 4.68 Å². The zero-order valence-electron chi connectivity index (χ0n) is 14.9. The van der Waals surface area contributed by atoms with Crippen molar-refractivity contribution in [1.29, 1.82) is 0 Å². The fraction of sp³-hybridized carbons (Fsp3) is 0.190. The van der Waals surface area contributed by atoms with Crippen molar-refractivity contribution < 1.29 is 9.53 Å². The van der Waals surface area contributed by atoms with Crippen molar-refractivity contribution in [2.24, 2.45) is 0 Å². The Morgan fingerprint density at radius 3 is 2.63 bits per heavy atom. The maximum Gasteiger partial charge on any atom is 0.275 e. The Morgan fingerprint density at radius 2 is 1.89 bits per heavy atom. The van der Waals surface area contributed by atoms with Crippen LogP contribution in [0.3, 0.4) is 0 Å². The Morgan fingerprint density at radius 1 is 1.19 bits per heavy atom. The highest BCUT2D eigenvalue weighted by molar-refractivity contribution is 5.84. The summed E-state index contributed by atoms with van der Waals surface area (Å²) < 4.78 is 6.77. The van der Waals surface area contributed by atoms with Crippen LogP contribution in [0.5, 0.6) is 5.75 Å². The monoisotopic (exact) mass is 361 g/mol. The lowest BCUT2D eigenvalue weighted by Crippen LogP contribution is -2.31. The molecule has 1 heterocycles. The standard InChI is InChI=1S/C21H19N3O3/c1-3-12-24-21(26)17-10-6-5-9-16(17)18(23-24)13-22-20(25)14-27-19-11-7-4-8-15(19)2/h1,4-11H,12-14H2,2H3,(H,22,25). The van der Waals surface area contributed by atoms with Gasteiger partial charge in [0.05, 0.1) is 17.6 Å². The topological polar surface area (TPSA) is 73.2 Å². The molecule has 2 aromatic carbocycles. The van der Waals surface area contributed by atoms with Crippen molar-refractivity contribution in [3.8, 4) is 18.1 Å². The lowest BCUT2D eigenvalue weighted by Gasteiger charge is -2.11. The van der Waals surface area contributed by atoms with Crippen molar-refractivity contribution in [3.63, 3.8) is 0 Å². The summed E-state index contributed by atoms with van der Waals surface area (Å²) in [5.41, 5.74) is 1.28. The number of aryl methyl sites for hydroxylation is 1. The third-order valence-electron chi connectivity index (χ3n) is 4.09. The highest BCUT2D eigenvalue weighted by Gasteiger charge is 2.11. The number of rotatable bonds is 6. The molecule has 0 fully saturated rings. The smallest absolute Gasteiger partial charge is 0.275 e. The number of aromatic nitrogens is 2. The molecule has 0 spiro atoms. The van der Waals surface area contributed by atoms with E-state index in [1.165, 1.54) is 4.68 Å². The Balaban J connectivity index is 1.74. The number of terminal acetylenes is 1. The second-order valence-electron chi connectivity index (χ2n) is 5.99. The van der Waals surface area contributed by atoms with Crippen molar-refractivity contribution >= 4 is 16.7 Å². The number of carbonyl (C=O) groups excluding carboxylic acids is 1. The number of hydrogen-bond acceptors (Lipinski definition) is 4. The number of ether oxygens (including phenoxy) is 1. The van der Waals surface area contributed by atoms with Crippen molar-refractivity contribution in [2.45, 2.75) is 20.0 Å². The molecule has 0 aliphatic rings. The Hall–Kier alpha value is -3.59. The minimum Gasteiger partial charge on any atom is -0.484 e. The summed E-state index contributed by atoms with van der Waals surface area (Å²) in [5.74, 6) is 2.81. The number of hydrogen-bond donors (Lipinski definition) is 1. The molecule has 1 aromatic heterocycles. The molecular weight excluding hydrogens is 342 g/mol. The van der Waals surface area contributed by atoms with Crippen LogP contribution < -0.4 is 15.6 Å². The van der Waals surface area contributed by atoms with Gasteiger partial charge < -0.3 is 10.1 Å². The zero-order chi connectivity index (χ0) is 19.2. The molecule has 0 saturated carbocycles. The third-order valence-corrected chi connectivity index (χ3v) is 4.09. The molecule has 0 radical (unpaired) electrons. The Bertz CT molecular complexity index is 1080. The molecule has 6 nitrogen and oxygen atoms in total. The number of nitrogens with one attached hydrogen (secondary N) is 1. The number of fused-ring (bicyclic) bond motifs is 1. The Kier molecular flexibility index (Phi) is 5.53. The number of benzene rings is 2.